The standard InChI is InChI=1S/C11H9FO2/c1-6-5-9-10(12)4-3-8(7(2)13)11(9)14-6/h3-5H,1-2H3. The molecule has 0 bridgehead atoms. The van der Waals surface area contributed by atoms with Crippen LogP contribution in [0.15, 0.2) is 22.6 Å². The number of carbonyl (C=O) groups is 1. The smallest absolute Gasteiger partial charge is 0.163 e. The monoisotopic (exact) mass is 192 g/mol. The van der Waals surface area contributed by atoms with Crippen molar-refractivity contribution in [3.05, 3.63) is 35.3 Å². The molecule has 1 heterocycles. The minimum Gasteiger partial charge on any atom is -0.460 e. The molecule has 2 aromatic rings. The van der Waals surface area contributed by atoms with E-state index < -0.39 is 0 Å². The molecule has 0 spiro atoms. The van der Waals surface area contributed by atoms with E-state index in [2.05, 4.69) is 0 Å². The molecule has 0 fully saturated rings. The van der Waals surface area contributed by atoms with Gasteiger partial charge in [-0.15, -0.1) is 0 Å². The first-order valence-electron chi connectivity index (χ1n) is 4.29. The van der Waals surface area contributed by atoms with Crippen molar-refractivity contribution in [1.29, 1.82) is 0 Å². The minimum absolute atomic E-state index is 0.121. The van der Waals surface area contributed by atoms with Gasteiger partial charge in [0.25, 0.3) is 0 Å². The van der Waals surface area contributed by atoms with Crippen molar-refractivity contribution in [2.75, 3.05) is 0 Å². The third-order valence-electron chi connectivity index (χ3n) is 2.13. The second kappa shape index (κ2) is 2.94. The van der Waals surface area contributed by atoms with Gasteiger partial charge in [0.2, 0.25) is 0 Å². The quantitative estimate of drug-likeness (QED) is 0.650. The first-order valence-corrected chi connectivity index (χ1v) is 4.29. The van der Waals surface area contributed by atoms with Crippen LogP contribution in [0.5, 0.6) is 0 Å². The number of hydrogen-bond donors (Lipinski definition) is 0. The Morgan fingerprint density at radius 1 is 1.43 bits per heavy atom. The average Bonchev–Trinajstić information content (AvgIpc) is 2.47. The van der Waals surface area contributed by atoms with E-state index in [0.717, 1.165) is 0 Å². The molecule has 0 unspecified atom stereocenters. The van der Waals surface area contributed by atoms with E-state index >= 15 is 0 Å². The van der Waals surface area contributed by atoms with Crippen LogP contribution in [0.25, 0.3) is 11.0 Å². The largest absolute Gasteiger partial charge is 0.460 e. The van der Waals surface area contributed by atoms with Crippen LogP contribution in [-0.4, -0.2) is 5.78 Å². The Labute approximate surface area is 80.3 Å². The number of ketones is 1. The molecule has 0 N–H and O–H groups in total. The van der Waals surface area contributed by atoms with Crippen LogP contribution < -0.4 is 0 Å². The zero-order valence-electron chi connectivity index (χ0n) is 7.93. The van der Waals surface area contributed by atoms with Crippen LogP contribution in [0.1, 0.15) is 23.0 Å². The fourth-order valence-electron chi connectivity index (χ4n) is 1.49. The maximum absolute atomic E-state index is 13.3. The van der Waals surface area contributed by atoms with Crippen molar-refractivity contribution < 1.29 is 13.6 Å². The zero-order chi connectivity index (χ0) is 10.3. The second-order valence-corrected chi connectivity index (χ2v) is 3.25. The molecule has 14 heavy (non-hydrogen) atoms. The van der Waals surface area contributed by atoms with Crippen molar-refractivity contribution in [3.63, 3.8) is 0 Å². The molecule has 0 saturated heterocycles. The number of aryl methyl sites for hydroxylation is 1. The number of rotatable bonds is 1. The third kappa shape index (κ3) is 1.21. The molecule has 72 valence electrons. The van der Waals surface area contributed by atoms with Crippen LogP contribution in [-0.2, 0) is 0 Å². The highest BCUT2D eigenvalue weighted by molar-refractivity contribution is 6.05. The van der Waals surface area contributed by atoms with E-state index in [9.17, 15) is 9.18 Å². The Balaban J connectivity index is 2.87. The van der Waals surface area contributed by atoms with Gasteiger partial charge in [0.1, 0.15) is 17.2 Å². The number of carbonyl (C=O) groups excluding carboxylic acids is 1. The van der Waals surface area contributed by atoms with Crippen molar-refractivity contribution in [1.82, 2.24) is 0 Å². The highest BCUT2D eigenvalue weighted by atomic mass is 19.1. The van der Waals surface area contributed by atoms with Gasteiger partial charge in [0.15, 0.2) is 5.78 Å². The van der Waals surface area contributed by atoms with Gasteiger partial charge in [-0.1, -0.05) is 0 Å². The van der Waals surface area contributed by atoms with Crippen molar-refractivity contribution in [3.8, 4) is 0 Å². The van der Waals surface area contributed by atoms with Gasteiger partial charge in [0, 0.05) is 0 Å². The highest BCUT2D eigenvalue weighted by Crippen LogP contribution is 2.25. The summed E-state index contributed by atoms with van der Waals surface area (Å²) >= 11 is 0. The maximum atomic E-state index is 13.3. The number of hydrogen-bond acceptors (Lipinski definition) is 2. The Morgan fingerprint density at radius 3 is 2.79 bits per heavy atom. The van der Waals surface area contributed by atoms with Crippen LogP contribution in [0, 0.1) is 12.7 Å². The van der Waals surface area contributed by atoms with Gasteiger partial charge >= 0.3 is 0 Å². The first-order chi connectivity index (χ1) is 6.59. The molecule has 2 rings (SSSR count). The third-order valence-corrected chi connectivity index (χ3v) is 2.13. The number of fused-ring (bicyclic) bond motifs is 1. The predicted octanol–water partition coefficient (Wildman–Crippen LogP) is 3.08. The summed E-state index contributed by atoms with van der Waals surface area (Å²) in [5.41, 5.74) is 0.768. The number of furan rings is 1. The number of halogens is 1. The summed E-state index contributed by atoms with van der Waals surface area (Å²) in [5, 5.41) is 0.371. The lowest BCUT2D eigenvalue weighted by Gasteiger charge is -1.97. The Hall–Kier alpha value is -1.64. The topological polar surface area (TPSA) is 30.2 Å². The zero-order valence-corrected chi connectivity index (χ0v) is 7.93. The molecule has 0 aliphatic heterocycles. The molecule has 0 saturated carbocycles. The summed E-state index contributed by atoms with van der Waals surface area (Å²) in [6.45, 7) is 3.16. The van der Waals surface area contributed by atoms with E-state index in [1.54, 1.807) is 13.0 Å². The van der Waals surface area contributed by atoms with Gasteiger partial charge < -0.3 is 4.42 Å². The van der Waals surface area contributed by atoms with Gasteiger partial charge in [-0.25, -0.2) is 4.39 Å². The van der Waals surface area contributed by atoms with Gasteiger partial charge in [-0.3, -0.25) is 4.79 Å². The summed E-state index contributed by atoms with van der Waals surface area (Å²) in [6.07, 6.45) is 0. The molecule has 1 aromatic carbocycles. The number of Topliss-reactive ketones (excluding diaryl/α,β-unsaturated/α-hetero) is 1. The number of benzene rings is 1. The Bertz CT molecular complexity index is 511. The lowest BCUT2D eigenvalue weighted by molar-refractivity contribution is 0.101. The van der Waals surface area contributed by atoms with E-state index in [4.69, 9.17) is 4.42 Å². The Morgan fingerprint density at radius 2 is 2.14 bits per heavy atom. The van der Waals surface area contributed by atoms with E-state index in [0.29, 0.717) is 22.3 Å². The molecule has 0 aliphatic carbocycles. The van der Waals surface area contributed by atoms with Gasteiger partial charge in [-0.05, 0) is 32.0 Å². The molecular formula is C11H9FO2. The molecule has 3 heteroatoms. The van der Waals surface area contributed by atoms with E-state index in [1.165, 1.54) is 19.1 Å². The molecule has 0 radical (unpaired) electrons. The summed E-state index contributed by atoms with van der Waals surface area (Å²) in [5.74, 6) is 0.124. The fourth-order valence-corrected chi connectivity index (χ4v) is 1.49. The molecule has 0 atom stereocenters. The van der Waals surface area contributed by atoms with Crippen molar-refractivity contribution >= 4 is 16.8 Å². The summed E-state index contributed by atoms with van der Waals surface area (Å²) in [6, 6.07) is 4.33. The van der Waals surface area contributed by atoms with Crippen LogP contribution >= 0.6 is 0 Å². The van der Waals surface area contributed by atoms with E-state index in [-0.39, 0.29) is 11.6 Å². The maximum Gasteiger partial charge on any atom is 0.163 e. The second-order valence-electron chi connectivity index (χ2n) is 3.25. The molecule has 2 nitrogen and oxygen atoms in total. The van der Waals surface area contributed by atoms with Gasteiger partial charge in [-0.2, -0.15) is 0 Å². The first kappa shape index (κ1) is 8.94. The molecule has 0 amide bonds. The lowest BCUT2D eigenvalue weighted by Crippen LogP contribution is -1.92. The van der Waals surface area contributed by atoms with Crippen LogP contribution in [0.2, 0.25) is 0 Å². The summed E-state index contributed by atoms with van der Waals surface area (Å²) in [4.78, 5) is 11.2. The summed E-state index contributed by atoms with van der Waals surface area (Å²) < 4.78 is 18.6. The van der Waals surface area contributed by atoms with Crippen molar-refractivity contribution in [2.45, 2.75) is 13.8 Å². The van der Waals surface area contributed by atoms with Crippen molar-refractivity contribution in [2.24, 2.45) is 0 Å². The molecule has 1 aromatic heterocycles. The highest BCUT2D eigenvalue weighted by Gasteiger charge is 2.13. The predicted molar refractivity (Wildman–Crippen MR) is 50.9 cm³/mol. The Kier molecular flexibility index (Phi) is 1.88. The van der Waals surface area contributed by atoms with Gasteiger partial charge in [0.05, 0.1) is 10.9 Å². The molecular weight excluding hydrogens is 183 g/mol. The van der Waals surface area contributed by atoms with E-state index in [1.807, 2.05) is 0 Å². The minimum atomic E-state index is -0.359. The summed E-state index contributed by atoms with van der Waals surface area (Å²) in [7, 11) is 0. The molecule has 0 aliphatic rings. The average molecular weight is 192 g/mol. The lowest BCUT2D eigenvalue weighted by atomic mass is 10.1. The van der Waals surface area contributed by atoms with Crippen LogP contribution in [0.3, 0.4) is 0 Å². The van der Waals surface area contributed by atoms with Crippen LogP contribution in [0.4, 0.5) is 4.39 Å². The SMILES string of the molecule is CC(=O)c1ccc(F)c2cc(C)oc12. The normalized spacial score (nSPS) is 10.8. The fraction of sp³-hybridized carbons (Fsp3) is 0.182.